The van der Waals surface area contributed by atoms with Crippen molar-refractivity contribution in [3.05, 3.63) is 42.7 Å². The summed E-state index contributed by atoms with van der Waals surface area (Å²) in [5.41, 5.74) is 3.43. The Labute approximate surface area is 144 Å². The van der Waals surface area contributed by atoms with Crippen molar-refractivity contribution in [1.82, 2.24) is 9.38 Å². The average molecular weight is 335 g/mol. The van der Waals surface area contributed by atoms with E-state index in [-0.39, 0.29) is 11.8 Å². The van der Waals surface area contributed by atoms with Crippen LogP contribution >= 0.6 is 0 Å². The van der Waals surface area contributed by atoms with E-state index in [2.05, 4.69) is 10.3 Å². The number of ether oxygens (including phenoxy) is 2. The van der Waals surface area contributed by atoms with E-state index in [9.17, 15) is 4.79 Å². The van der Waals surface area contributed by atoms with Crippen molar-refractivity contribution in [1.29, 1.82) is 0 Å². The molecule has 126 valence electrons. The molecule has 25 heavy (non-hydrogen) atoms. The van der Waals surface area contributed by atoms with Gasteiger partial charge in [0.15, 0.2) is 11.5 Å². The van der Waals surface area contributed by atoms with Crippen molar-refractivity contribution in [3.63, 3.8) is 0 Å². The molecule has 1 saturated carbocycles. The number of nitrogens with one attached hydrogen (secondary N) is 1. The Balaban J connectivity index is 1.46. The van der Waals surface area contributed by atoms with Gasteiger partial charge >= 0.3 is 0 Å². The summed E-state index contributed by atoms with van der Waals surface area (Å²) in [6, 6.07) is 9.63. The van der Waals surface area contributed by atoms with Crippen LogP contribution in [0.1, 0.15) is 12.8 Å². The summed E-state index contributed by atoms with van der Waals surface area (Å²) in [5, 5.41) is 2.96. The Kier molecular flexibility index (Phi) is 3.16. The summed E-state index contributed by atoms with van der Waals surface area (Å²) in [7, 11) is 0. The lowest BCUT2D eigenvalue weighted by molar-refractivity contribution is -0.117. The Hall–Kier alpha value is -3.02. The van der Waals surface area contributed by atoms with Crippen molar-refractivity contribution in [3.8, 4) is 22.8 Å². The highest BCUT2D eigenvalue weighted by Crippen LogP contribution is 2.34. The second-order valence-electron chi connectivity index (χ2n) is 6.43. The van der Waals surface area contributed by atoms with Crippen molar-refractivity contribution in [2.75, 3.05) is 18.5 Å². The first-order chi connectivity index (χ1) is 12.3. The van der Waals surface area contributed by atoms with Crippen LogP contribution in [-0.2, 0) is 4.79 Å². The summed E-state index contributed by atoms with van der Waals surface area (Å²) >= 11 is 0. The molecule has 1 fully saturated rings. The molecule has 1 aromatic carbocycles. The fourth-order valence-electron chi connectivity index (χ4n) is 3.00. The topological polar surface area (TPSA) is 64.9 Å². The number of rotatable bonds is 3. The Morgan fingerprint density at radius 2 is 1.92 bits per heavy atom. The SMILES string of the molecule is O=C(Nc1ccc2nc(-c3ccc4c(c3)OCCO4)cn2c1)C1CC1. The van der Waals surface area contributed by atoms with Crippen LogP contribution < -0.4 is 14.8 Å². The molecule has 3 aromatic rings. The van der Waals surface area contributed by atoms with Crippen LogP contribution in [0.15, 0.2) is 42.7 Å². The molecule has 6 heteroatoms. The fourth-order valence-corrected chi connectivity index (χ4v) is 3.00. The molecule has 0 atom stereocenters. The largest absolute Gasteiger partial charge is 0.486 e. The predicted molar refractivity (Wildman–Crippen MR) is 93.0 cm³/mol. The maximum Gasteiger partial charge on any atom is 0.227 e. The number of aromatic nitrogens is 2. The quantitative estimate of drug-likeness (QED) is 0.799. The lowest BCUT2D eigenvalue weighted by Crippen LogP contribution is -2.15. The molecule has 0 saturated heterocycles. The summed E-state index contributed by atoms with van der Waals surface area (Å²) in [6.45, 7) is 1.14. The first-order valence-electron chi connectivity index (χ1n) is 8.46. The molecule has 0 unspecified atom stereocenters. The lowest BCUT2D eigenvalue weighted by Gasteiger charge is -2.18. The lowest BCUT2D eigenvalue weighted by atomic mass is 10.1. The first kappa shape index (κ1) is 14.3. The van der Waals surface area contributed by atoms with Gasteiger partial charge in [-0.25, -0.2) is 4.98 Å². The van der Waals surface area contributed by atoms with Crippen molar-refractivity contribution < 1.29 is 14.3 Å². The normalized spacial score (nSPS) is 16.0. The average Bonchev–Trinajstić information content (AvgIpc) is 3.41. The Bertz CT molecular complexity index is 975. The number of amides is 1. The zero-order chi connectivity index (χ0) is 16.8. The molecular weight excluding hydrogens is 318 g/mol. The summed E-state index contributed by atoms with van der Waals surface area (Å²) in [5.74, 6) is 1.81. The van der Waals surface area contributed by atoms with Crippen LogP contribution in [0.5, 0.6) is 11.5 Å². The van der Waals surface area contributed by atoms with Gasteiger partial charge < -0.3 is 19.2 Å². The van der Waals surface area contributed by atoms with Gasteiger partial charge in [0, 0.05) is 23.9 Å². The molecule has 6 nitrogen and oxygen atoms in total. The van der Waals surface area contributed by atoms with Gasteiger partial charge in [-0.15, -0.1) is 0 Å². The highest BCUT2D eigenvalue weighted by Gasteiger charge is 2.29. The molecule has 0 bridgehead atoms. The minimum atomic E-state index is 0.103. The van der Waals surface area contributed by atoms with E-state index in [1.807, 2.05) is 47.1 Å². The van der Waals surface area contributed by atoms with E-state index in [1.54, 1.807) is 0 Å². The molecule has 2 aromatic heterocycles. The van der Waals surface area contributed by atoms with Gasteiger partial charge in [0.2, 0.25) is 5.91 Å². The highest BCUT2D eigenvalue weighted by atomic mass is 16.6. The number of hydrogen-bond acceptors (Lipinski definition) is 4. The number of carbonyl (C=O) groups is 1. The third-order valence-corrected chi connectivity index (χ3v) is 4.50. The standard InChI is InChI=1S/C19H17N3O3/c23-19(12-1-2-12)20-14-4-6-18-21-15(11-22(18)10-14)13-3-5-16-17(9-13)25-8-7-24-16/h3-6,9-12H,1-2,7-8H2,(H,20,23). The molecule has 2 aliphatic rings. The summed E-state index contributed by atoms with van der Waals surface area (Å²) < 4.78 is 13.1. The second-order valence-corrected chi connectivity index (χ2v) is 6.43. The van der Waals surface area contributed by atoms with Crippen LogP contribution in [-0.4, -0.2) is 28.5 Å². The number of fused-ring (bicyclic) bond motifs is 2. The van der Waals surface area contributed by atoms with Gasteiger partial charge in [0.1, 0.15) is 18.9 Å². The number of nitrogens with zero attached hydrogens (tertiary/aromatic N) is 2. The Morgan fingerprint density at radius 1 is 1.08 bits per heavy atom. The van der Waals surface area contributed by atoms with Crippen molar-refractivity contribution in [2.24, 2.45) is 5.92 Å². The smallest absolute Gasteiger partial charge is 0.227 e. The van der Waals surface area contributed by atoms with Crippen molar-refractivity contribution in [2.45, 2.75) is 12.8 Å². The minimum absolute atomic E-state index is 0.103. The molecule has 1 aliphatic heterocycles. The van der Waals surface area contributed by atoms with Crippen LogP contribution in [0.25, 0.3) is 16.9 Å². The second kappa shape index (κ2) is 5.51. The number of anilines is 1. The number of benzene rings is 1. The van der Waals surface area contributed by atoms with Gasteiger partial charge in [-0.2, -0.15) is 0 Å². The number of imidazole rings is 1. The van der Waals surface area contributed by atoms with Crippen LogP contribution in [0, 0.1) is 5.92 Å². The van der Waals surface area contributed by atoms with Gasteiger partial charge in [-0.1, -0.05) is 0 Å². The van der Waals surface area contributed by atoms with Gasteiger partial charge in [-0.3, -0.25) is 4.79 Å². The molecule has 0 spiro atoms. The molecule has 0 radical (unpaired) electrons. The van der Waals surface area contributed by atoms with Crippen LogP contribution in [0.4, 0.5) is 5.69 Å². The van der Waals surface area contributed by atoms with E-state index in [0.717, 1.165) is 46.9 Å². The number of pyridine rings is 1. The predicted octanol–water partition coefficient (Wildman–Crippen LogP) is 3.12. The minimum Gasteiger partial charge on any atom is -0.486 e. The monoisotopic (exact) mass is 335 g/mol. The first-order valence-corrected chi connectivity index (χ1v) is 8.46. The summed E-state index contributed by atoms with van der Waals surface area (Å²) in [4.78, 5) is 16.6. The highest BCUT2D eigenvalue weighted by molar-refractivity contribution is 5.94. The molecule has 1 aliphatic carbocycles. The van der Waals surface area contributed by atoms with Crippen LogP contribution in [0.2, 0.25) is 0 Å². The third kappa shape index (κ3) is 2.69. The van der Waals surface area contributed by atoms with E-state index in [0.29, 0.717) is 13.2 Å². The number of hydrogen-bond donors (Lipinski definition) is 1. The molecule has 1 amide bonds. The van der Waals surface area contributed by atoms with Gasteiger partial charge in [-0.05, 0) is 43.2 Å². The zero-order valence-corrected chi connectivity index (χ0v) is 13.6. The van der Waals surface area contributed by atoms with E-state index in [4.69, 9.17) is 9.47 Å². The molecule has 5 rings (SSSR count). The molecular formula is C19H17N3O3. The van der Waals surface area contributed by atoms with Gasteiger partial charge in [0.05, 0.1) is 11.4 Å². The van der Waals surface area contributed by atoms with Gasteiger partial charge in [0.25, 0.3) is 0 Å². The summed E-state index contributed by atoms with van der Waals surface area (Å²) in [6.07, 6.45) is 5.83. The zero-order valence-electron chi connectivity index (χ0n) is 13.6. The molecule has 1 N–H and O–H groups in total. The molecule has 3 heterocycles. The fraction of sp³-hybridized carbons (Fsp3) is 0.263. The van der Waals surface area contributed by atoms with Crippen molar-refractivity contribution >= 4 is 17.2 Å². The van der Waals surface area contributed by atoms with E-state index in [1.165, 1.54) is 0 Å². The maximum atomic E-state index is 11.9. The third-order valence-electron chi connectivity index (χ3n) is 4.50. The maximum absolute atomic E-state index is 11.9. The van der Waals surface area contributed by atoms with E-state index >= 15 is 0 Å². The Morgan fingerprint density at radius 3 is 2.76 bits per heavy atom. The van der Waals surface area contributed by atoms with E-state index < -0.39 is 0 Å². The van der Waals surface area contributed by atoms with Crippen LogP contribution in [0.3, 0.4) is 0 Å². The number of carbonyl (C=O) groups excluding carboxylic acids is 1.